The maximum Gasteiger partial charge on any atom is 0.255 e. The predicted octanol–water partition coefficient (Wildman–Crippen LogP) is 3.78. The summed E-state index contributed by atoms with van der Waals surface area (Å²) in [6.07, 6.45) is 0. The first-order valence-corrected chi connectivity index (χ1v) is 7.56. The van der Waals surface area contributed by atoms with Crippen LogP contribution in [-0.2, 0) is 0 Å². The van der Waals surface area contributed by atoms with Crippen molar-refractivity contribution in [1.29, 1.82) is 0 Å². The van der Waals surface area contributed by atoms with E-state index in [2.05, 4.69) is 10.6 Å². The van der Waals surface area contributed by atoms with Gasteiger partial charge in [0.05, 0.1) is 11.3 Å². The summed E-state index contributed by atoms with van der Waals surface area (Å²) in [7, 11) is 0. The molecule has 0 aliphatic carbocycles. The lowest BCUT2D eigenvalue weighted by Gasteiger charge is -2.22. The van der Waals surface area contributed by atoms with Gasteiger partial charge in [-0.2, -0.15) is 0 Å². The van der Waals surface area contributed by atoms with Gasteiger partial charge in [0.2, 0.25) is 0 Å². The molecule has 2 aromatic carbocycles. The molecule has 0 bridgehead atoms. The molecule has 2 aromatic rings. The lowest BCUT2D eigenvalue weighted by atomic mass is 10.0. The molecule has 120 valence electrons. The molecular weight excluding hydrogens is 288 g/mol. The van der Waals surface area contributed by atoms with Crippen molar-refractivity contribution in [3.05, 3.63) is 65.2 Å². The van der Waals surface area contributed by atoms with E-state index in [0.29, 0.717) is 16.8 Å². The molecule has 0 aliphatic heterocycles. The third-order valence-electron chi connectivity index (χ3n) is 3.27. The van der Waals surface area contributed by atoms with Crippen LogP contribution < -0.4 is 10.6 Å². The van der Waals surface area contributed by atoms with Crippen LogP contribution in [0.2, 0.25) is 0 Å². The number of benzene rings is 2. The van der Waals surface area contributed by atoms with Gasteiger partial charge < -0.3 is 10.6 Å². The van der Waals surface area contributed by atoms with E-state index in [4.69, 9.17) is 0 Å². The van der Waals surface area contributed by atoms with Gasteiger partial charge in [0, 0.05) is 11.1 Å². The lowest BCUT2D eigenvalue weighted by molar-refractivity contribution is 0.0920. The van der Waals surface area contributed by atoms with Gasteiger partial charge in [-0.05, 0) is 51.5 Å². The Morgan fingerprint density at radius 2 is 1.52 bits per heavy atom. The second-order valence-electron chi connectivity index (χ2n) is 6.52. The van der Waals surface area contributed by atoms with Gasteiger partial charge in [-0.25, -0.2) is 0 Å². The normalized spacial score (nSPS) is 11.0. The fourth-order valence-electron chi connectivity index (χ4n) is 2.26. The highest BCUT2D eigenvalue weighted by Gasteiger charge is 2.20. The van der Waals surface area contributed by atoms with Crippen LogP contribution in [0.3, 0.4) is 0 Å². The molecule has 0 aliphatic rings. The molecule has 2 rings (SSSR count). The molecule has 0 fully saturated rings. The molecule has 0 heterocycles. The van der Waals surface area contributed by atoms with Crippen LogP contribution >= 0.6 is 0 Å². The Hall–Kier alpha value is -2.62. The summed E-state index contributed by atoms with van der Waals surface area (Å²) in [6.45, 7) is 7.62. The van der Waals surface area contributed by atoms with Crippen LogP contribution in [0.25, 0.3) is 0 Å². The van der Waals surface area contributed by atoms with Crippen molar-refractivity contribution in [2.45, 2.75) is 33.2 Å². The zero-order valence-electron chi connectivity index (χ0n) is 13.9. The maximum atomic E-state index is 12.6. The molecule has 2 amide bonds. The number of anilines is 1. The highest BCUT2D eigenvalue weighted by Crippen LogP contribution is 2.21. The summed E-state index contributed by atoms with van der Waals surface area (Å²) in [5, 5.41) is 5.77. The van der Waals surface area contributed by atoms with Crippen LogP contribution in [0.15, 0.2) is 48.5 Å². The van der Waals surface area contributed by atoms with Gasteiger partial charge in [-0.15, -0.1) is 0 Å². The van der Waals surface area contributed by atoms with Crippen molar-refractivity contribution in [3.8, 4) is 0 Å². The molecule has 0 saturated carbocycles. The Morgan fingerprint density at radius 3 is 2.13 bits per heavy atom. The van der Waals surface area contributed by atoms with E-state index >= 15 is 0 Å². The zero-order valence-corrected chi connectivity index (χ0v) is 13.9. The van der Waals surface area contributed by atoms with E-state index in [9.17, 15) is 9.59 Å². The molecule has 0 saturated heterocycles. The van der Waals surface area contributed by atoms with Crippen molar-refractivity contribution in [2.75, 3.05) is 5.32 Å². The molecule has 4 heteroatoms. The first-order valence-electron chi connectivity index (χ1n) is 7.56. The Bertz CT molecular complexity index is 716. The first-order chi connectivity index (χ1) is 10.8. The first kappa shape index (κ1) is 16.7. The quantitative estimate of drug-likeness (QED) is 0.906. The molecule has 2 N–H and O–H groups in total. The fraction of sp³-hybridized carbons (Fsp3) is 0.263. The van der Waals surface area contributed by atoms with E-state index in [1.165, 1.54) is 0 Å². The van der Waals surface area contributed by atoms with Gasteiger partial charge in [0.15, 0.2) is 0 Å². The predicted molar refractivity (Wildman–Crippen MR) is 92.8 cm³/mol. The van der Waals surface area contributed by atoms with E-state index in [0.717, 1.165) is 5.56 Å². The summed E-state index contributed by atoms with van der Waals surface area (Å²) in [5.41, 5.74) is 2.03. The summed E-state index contributed by atoms with van der Waals surface area (Å²) in [5.74, 6) is -0.431. The molecule has 0 atom stereocenters. The van der Waals surface area contributed by atoms with Crippen molar-refractivity contribution in [3.63, 3.8) is 0 Å². The zero-order chi connectivity index (χ0) is 17.0. The number of rotatable bonds is 3. The minimum Gasteiger partial charge on any atom is -0.347 e. The van der Waals surface area contributed by atoms with Crippen LogP contribution in [-0.4, -0.2) is 17.4 Å². The highest BCUT2D eigenvalue weighted by molar-refractivity contribution is 6.09. The number of nitrogens with one attached hydrogen (secondary N) is 2. The smallest absolute Gasteiger partial charge is 0.255 e. The third kappa shape index (κ3) is 4.42. The minimum atomic E-state index is -0.347. The molecule has 0 radical (unpaired) electrons. The van der Waals surface area contributed by atoms with Gasteiger partial charge >= 0.3 is 0 Å². The van der Waals surface area contributed by atoms with Crippen molar-refractivity contribution in [2.24, 2.45) is 0 Å². The Balaban J connectivity index is 2.31. The van der Waals surface area contributed by atoms with Crippen molar-refractivity contribution in [1.82, 2.24) is 5.32 Å². The fourth-order valence-corrected chi connectivity index (χ4v) is 2.26. The molecule has 0 spiro atoms. The van der Waals surface area contributed by atoms with Gasteiger partial charge in [0.25, 0.3) is 11.8 Å². The van der Waals surface area contributed by atoms with E-state index in [1.807, 2.05) is 45.9 Å². The maximum absolute atomic E-state index is 12.6. The molecule has 4 nitrogen and oxygen atoms in total. The standard InChI is InChI=1S/C19H22N2O2/c1-13-9-8-12-15(16(13)18(23)21-19(2,3)4)20-17(22)14-10-6-5-7-11-14/h5-12H,1-4H3,(H,20,22)(H,21,23). The second-order valence-corrected chi connectivity index (χ2v) is 6.52. The van der Waals surface area contributed by atoms with Crippen molar-refractivity contribution < 1.29 is 9.59 Å². The summed E-state index contributed by atoms with van der Waals surface area (Å²) in [6, 6.07) is 14.4. The third-order valence-corrected chi connectivity index (χ3v) is 3.27. The Labute approximate surface area is 136 Å². The summed E-state index contributed by atoms with van der Waals surface area (Å²) < 4.78 is 0. The van der Waals surface area contributed by atoms with Gasteiger partial charge in [-0.3, -0.25) is 9.59 Å². The Kier molecular flexibility index (Phi) is 4.84. The minimum absolute atomic E-state index is 0.195. The number of amides is 2. The largest absolute Gasteiger partial charge is 0.347 e. The van der Waals surface area contributed by atoms with Crippen molar-refractivity contribution >= 4 is 17.5 Å². The summed E-state index contributed by atoms with van der Waals surface area (Å²) >= 11 is 0. The van der Waals surface area contributed by atoms with E-state index < -0.39 is 0 Å². The SMILES string of the molecule is Cc1cccc(NC(=O)c2ccccc2)c1C(=O)NC(C)(C)C. The number of hydrogen-bond acceptors (Lipinski definition) is 2. The van der Waals surface area contributed by atoms with Gasteiger partial charge in [-0.1, -0.05) is 30.3 Å². The van der Waals surface area contributed by atoms with E-state index in [-0.39, 0.29) is 17.4 Å². The highest BCUT2D eigenvalue weighted by atomic mass is 16.2. The summed E-state index contributed by atoms with van der Waals surface area (Å²) in [4.78, 5) is 24.9. The topological polar surface area (TPSA) is 58.2 Å². The molecule has 0 unspecified atom stereocenters. The number of carbonyl (C=O) groups is 2. The average molecular weight is 310 g/mol. The average Bonchev–Trinajstić information content (AvgIpc) is 2.46. The number of hydrogen-bond donors (Lipinski definition) is 2. The molecular formula is C19H22N2O2. The van der Waals surface area contributed by atoms with Crippen LogP contribution in [0, 0.1) is 6.92 Å². The lowest BCUT2D eigenvalue weighted by Crippen LogP contribution is -2.41. The van der Waals surface area contributed by atoms with Crippen LogP contribution in [0.1, 0.15) is 47.1 Å². The molecule has 0 aromatic heterocycles. The van der Waals surface area contributed by atoms with Crippen LogP contribution in [0.4, 0.5) is 5.69 Å². The monoisotopic (exact) mass is 310 g/mol. The molecule has 23 heavy (non-hydrogen) atoms. The second kappa shape index (κ2) is 6.65. The Morgan fingerprint density at radius 1 is 0.870 bits per heavy atom. The van der Waals surface area contributed by atoms with Crippen LogP contribution in [0.5, 0.6) is 0 Å². The number of aryl methyl sites for hydroxylation is 1. The van der Waals surface area contributed by atoms with E-state index in [1.54, 1.807) is 30.3 Å². The van der Waals surface area contributed by atoms with Gasteiger partial charge in [0.1, 0.15) is 0 Å². The number of carbonyl (C=O) groups excluding carboxylic acids is 2.